The van der Waals surface area contributed by atoms with Crippen LogP contribution in [0.15, 0.2) is 18.3 Å². The predicted molar refractivity (Wildman–Crippen MR) is 84.2 cm³/mol. The van der Waals surface area contributed by atoms with Crippen LogP contribution >= 0.6 is 0 Å². The Hall–Kier alpha value is -2.64. The zero-order valence-electron chi connectivity index (χ0n) is 13.8. The first-order valence-corrected chi connectivity index (χ1v) is 7.72. The molecule has 24 heavy (non-hydrogen) atoms. The lowest BCUT2D eigenvalue weighted by Crippen LogP contribution is -2.48. The summed E-state index contributed by atoms with van der Waals surface area (Å²) in [6, 6.07) is 2.63. The highest BCUT2D eigenvalue weighted by molar-refractivity contribution is 5.97. The number of hydrogen-bond acceptors (Lipinski definition) is 6. The fraction of sp³-hybridized carbons (Fsp3) is 0.500. The minimum atomic E-state index is -0.574. The van der Waals surface area contributed by atoms with Crippen molar-refractivity contribution in [3.63, 3.8) is 0 Å². The quantitative estimate of drug-likeness (QED) is 0.828. The topological polar surface area (TPSA) is 97.8 Å². The number of rotatable bonds is 4. The lowest BCUT2D eigenvalue weighted by molar-refractivity contribution is -0.147. The molecule has 2 rings (SSSR count). The van der Waals surface area contributed by atoms with Crippen LogP contribution in [0.1, 0.15) is 35.3 Å². The molecule has 0 radical (unpaired) electrons. The summed E-state index contributed by atoms with van der Waals surface area (Å²) in [6.45, 7) is 0.658. The number of piperidine rings is 1. The first kappa shape index (κ1) is 17.7. The van der Waals surface area contributed by atoms with E-state index in [2.05, 4.69) is 15.0 Å². The fourth-order valence-corrected chi connectivity index (χ4v) is 2.66. The van der Waals surface area contributed by atoms with Crippen LogP contribution in [0.25, 0.3) is 0 Å². The van der Waals surface area contributed by atoms with Gasteiger partial charge in [0.1, 0.15) is 6.04 Å². The molecule has 1 aromatic heterocycles. The number of hydrogen-bond donors (Lipinski definition) is 1. The summed E-state index contributed by atoms with van der Waals surface area (Å²) in [6.07, 6.45) is 3.25. The van der Waals surface area contributed by atoms with Crippen molar-refractivity contribution in [2.24, 2.45) is 0 Å². The van der Waals surface area contributed by atoms with Crippen LogP contribution in [-0.4, -0.2) is 54.7 Å². The molecule has 1 aromatic rings. The molecule has 8 nitrogen and oxygen atoms in total. The van der Waals surface area contributed by atoms with Crippen molar-refractivity contribution >= 4 is 18.0 Å². The molecule has 1 aliphatic heterocycles. The average Bonchev–Trinajstić information content (AvgIpc) is 2.65. The third-order valence-corrected chi connectivity index (χ3v) is 3.90. The second kappa shape index (κ2) is 8.28. The van der Waals surface area contributed by atoms with E-state index in [4.69, 9.17) is 4.74 Å². The van der Waals surface area contributed by atoms with Gasteiger partial charge in [0.25, 0.3) is 5.91 Å². The van der Waals surface area contributed by atoms with Gasteiger partial charge in [0.2, 0.25) is 0 Å². The molecule has 0 aromatic carbocycles. The molecule has 0 spiro atoms. The predicted octanol–water partition coefficient (Wildman–Crippen LogP) is 1.11. The second-order valence-electron chi connectivity index (χ2n) is 5.41. The highest BCUT2D eigenvalue weighted by Gasteiger charge is 2.33. The molecule has 1 aliphatic rings. The van der Waals surface area contributed by atoms with Crippen LogP contribution in [-0.2, 0) is 20.8 Å². The van der Waals surface area contributed by atoms with Gasteiger partial charge in [-0.3, -0.25) is 9.78 Å². The third kappa shape index (κ3) is 4.21. The Morgan fingerprint density at radius 3 is 2.79 bits per heavy atom. The molecule has 1 atom stereocenters. The minimum absolute atomic E-state index is 0.147. The fourth-order valence-electron chi connectivity index (χ4n) is 2.66. The van der Waals surface area contributed by atoms with Crippen molar-refractivity contribution in [2.75, 3.05) is 20.8 Å². The number of ether oxygens (including phenoxy) is 2. The summed E-state index contributed by atoms with van der Waals surface area (Å²) in [5.41, 5.74) is 0.945. The number of nitrogens with zero attached hydrogens (tertiary/aromatic N) is 2. The molecule has 2 heterocycles. The van der Waals surface area contributed by atoms with Gasteiger partial charge in [0.05, 0.1) is 26.5 Å². The molecular weight excluding hydrogens is 314 g/mol. The summed E-state index contributed by atoms with van der Waals surface area (Å²) < 4.78 is 9.29. The molecule has 1 fully saturated rings. The second-order valence-corrected chi connectivity index (χ2v) is 5.41. The largest absolute Gasteiger partial charge is 0.467 e. The summed E-state index contributed by atoms with van der Waals surface area (Å²) in [4.78, 5) is 41.4. The maximum atomic E-state index is 12.8. The number of esters is 1. The number of pyridine rings is 1. The van der Waals surface area contributed by atoms with Crippen LogP contribution < -0.4 is 5.32 Å². The van der Waals surface area contributed by atoms with E-state index >= 15 is 0 Å². The molecule has 0 bridgehead atoms. The van der Waals surface area contributed by atoms with Gasteiger partial charge in [-0.15, -0.1) is 0 Å². The first-order chi connectivity index (χ1) is 11.6. The van der Waals surface area contributed by atoms with Gasteiger partial charge >= 0.3 is 12.1 Å². The van der Waals surface area contributed by atoms with Gasteiger partial charge in [-0.25, -0.2) is 9.59 Å². The van der Waals surface area contributed by atoms with E-state index in [1.54, 1.807) is 17.0 Å². The molecule has 0 saturated carbocycles. The Balaban J connectivity index is 2.13. The molecular formula is C16H21N3O5. The van der Waals surface area contributed by atoms with E-state index in [1.807, 2.05) is 0 Å². The number of carbonyl (C=O) groups excluding carboxylic acids is 3. The van der Waals surface area contributed by atoms with Crippen LogP contribution in [0.5, 0.6) is 0 Å². The standard InChI is InChI=1S/C16H21N3O5/c1-23-15(21)13-5-3-4-8-19(13)14(20)11-6-7-17-12(9-11)10-18-16(22)24-2/h6-7,9,13H,3-5,8,10H2,1-2H3,(H,18,22). The molecule has 1 N–H and O–H groups in total. The summed E-state index contributed by atoms with van der Waals surface area (Å²) in [7, 11) is 2.59. The number of carbonyl (C=O) groups is 3. The summed E-state index contributed by atoms with van der Waals surface area (Å²) in [5, 5.41) is 2.51. The summed E-state index contributed by atoms with van der Waals surface area (Å²) >= 11 is 0. The van der Waals surface area contributed by atoms with Crippen LogP contribution in [0.4, 0.5) is 4.79 Å². The van der Waals surface area contributed by atoms with E-state index in [-0.39, 0.29) is 12.5 Å². The summed E-state index contributed by atoms with van der Waals surface area (Å²) in [5.74, 6) is -0.642. The van der Waals surface area contributed by atoms with Crippen molar-refractivity contribution in [1.29, 1.82) is 0 Å². The Bertz CT molecular complexity index is 619. The Labute approximate surface area is 140 Å². The van der Waals surface area contributed by atoms with E-state index in [1.165, 1.54) is 20.4 Å². The molecule has 1 unspecified atom stereocenters. The maximum Gasteiger partial charge on any atom is 0.407 e. The van der Waals surface area contributed by atoms with Gasteiger partial charge in [0.15, 0.2) is 0 Å². The number of amides is 2. The van der Waals surface area contributed by atoms with Gasteiger partial charge in [-0.05, 0) is 31.4 Å². The number of aromatic nitrogens is 1. The number of nitrogens with one attached hydrogen (secondary N) is 1. The monoisotopic (exact) mass is 335 g/mol. The van der Waals surface area contributed by atoms with Gasteiger partial charge in [0, 0.05) is 18.3 Å². The van der Waals surface area contributed by atoms with Gasteiger partial charge in [-0.2, -0.15) is 0 Å². The zero-order chi connectivity index (χ0) is 17.5. The molecule has 0 aliphatic carbocycles. The highest BCUT2D eigenvalue weighted by Crippen LogP contribution is 2.21. The van der Waals surface area contributed by atoms with E-state index in [9.17, 15) is 14.4 Å². The van der Waals surface area contributed by atoms with Crippen LogP contribution in [0, 0.1) is 0 Å². The van der Waals surface area contributed by atoms with Crippen molar-refractivity contribution in [1.82, 2.24) is 15.2 Å². The zero-order valence-corrected chi connectivity index (χ0v) is 13.8. The normalized spacial score (nSPS) is 17.1. The van der Waals surface area contributed by atoms with Crippen molar-refractivity contribution in [3.05, 3.63) is 29.6 Å². The SMILES string of the molecule is COC(=O)NCc1cc(C(=O)N2CCCCC2C(=O)OC)ccn1. The first-order valence-electron chi connectivity index (χ1n) is 7.72. The molecule has 8 heteroatoms. The highest BCUT2D eigenvalue weighted by atomic mass is 16.5. The van der Waals surface area contributed by atoms with Crippen molar-refractivity contribution < 1.29 is 23.9 Å². The third-order valence-electron chi connectivity index (χ3n) is 3.90. The number of methoxy groups -OCH3 is 2. The lowest BCUT2D eigenvalue weighted by atomic mass is 10.0. The minimum Gasteiger partial charge on any atom is -0.467 e. The Morgan fingerprint density at radius 2 is 2.08 bits per heavy atom. The number of likely N-dealkylation sites (tertiary alicyclic amines) is 1. The van der Waals surface area contributed by atoms with Crippen molar-refractivity contribution in [3.8, 4) is 0 Å². The van der Waals surface area contributed by atoms with E-state index < -0.39 is 18.1 Å². The smallest absolute Gasteiger partial charge is 0.407 e. The van der Waals surface area contributed by atoms with Gasteiger partial charge in [-0.1, -0.05) is 0 Å². The number of alkyl carbamates (subject to hydrolysis) is 1. The van der Waals surface area contributed by atoms with Gasteiger partial charge < -0.3 is 19.7 Å². The van der Waals surface area contributed by atoms with Crippen LogP contribution in [0.3, 0.4) is 0 Å². The lowest BCUT2D eigenvalue weighted by Gasteiger charge is -2.33. The van der Waals surface area contributed by atoms with Crippen molar-refractivity contribution in [2.45, 2.75) is 31.8 Å². The average molecular weight is 335 g/mol. The Morgan fingerprint density at radius 1 is 1.29 bits per heavy atom. The van der Waals surface area contributed by atoms with E-state index in [0.717, 1.165) is 12.8 Å². The Kier molecular flexibility index (Phi) is 6.11. The molecule has 1 saturated heterocycles. The maximum absolute atomic E-state index is 12.8. The molecule has 2 amide bonds. The van der Waals surface area contributed by atoms with Crippen LogP contribution in [0.2, 0.25) is 0 Å². The van der Waals surface area contributed by atoms with E-state index in [0.29, 0.717) is 24.2 Å². The molecule has 130 valence electrons.